The van der Waals surface area contributed by atoms with Gasteiger partial charge in [-0.3, -0.25) is 9.78 Å². The normalized spacial score (nSPS) is 10.9. The van der Waals surface area contributed by atoms with Crippen LogP contribution in [0.25, 0.3) is 10.8 Å². The van der Waals surface area contributed by atoms with Crippen molar-refractivity contribution in [3.05, 3.63) is 39.5 Å². The van der Waals surface area contributed by atoms with Crippen LogP contribution in [0.2, 0.25) is 0 Å². The van der Waals surface area contributed by atoms with Crippen LogP contribution in [-0.4, -0.2) is 9.55 Å². The van der Waals surface area contributed by atoms with E-state index in [4.69, 9.17) is 0 Å². The van der Waals surface area contributed by atoms with Gasteiger partial charge in [-0.1, -0.05) is 13.3 Å². The number of pyridine rings is 2. The van der Waals surface area contributed by atoms with E-state index >= 15 is 0 Å². The zero-order valence-corrected chi connectivity index (χ0v) is 10.7. The van der Waals surface area contributed by atoms with Gasteiger partial charge in [-0.25, -0.2) is 0 Å². The molecule has 0 spiro atoms. The number of unbranched alkanes of at least 4 members (excludes halogenated alkanes) is 1. The maximum Gasteiger partial charge on any atom is 0.260 e. The highest BCUT2D eigenvalue weighted by molar-refractivity contribution is 9.10. The fourth-order valence-corrected chi connectivity index (χ4v) is 2.28. The lowest BCUT2D eigenvalue weighted by atomic mass is 10.2. The zero-order chi connectivity index (χ0) is 11.5. The Kier molecular flexibility index (Phi) is 3.39. The van der Waals surface area contributed by atoms with Crippen molar-refractivity contribution in [3.8, 4) is 0 Å². The predicted molar refractivity (Wildman–Crippen MR) is 68.6 cm³/mol. The number of rotatable bonds is 3. The van der Waals surface area contributed by atoms with Crippen LogP contribution in [0.15, 0.2) is 33.9 Å². The Labute approximate surface area is 102 Å². The van der Waals surface area contributed by atoms with Gasteiger partial charge in [0.15, 0.2) is 0 Å². The van der Waals surface area contributed by atoms with Crippen molar-refractivity contribution in [1.82, 2.24) is 9.55 Å². The molecule has 0 aliphatic rings. The van der Waals surface area contributed by atoms with Crippen LogP contribution in [0.1, 0.15) is 19.8 Å². The molecule has 84 valence electrons. The second kappa shape index (κ2) is 4.78. The van der Waals surface area contributed by atoms with E-state index in [0.717, 1.165) is 29.2 Å². The molecule has 2 rings (SSSR count). The Morgan fingerprint density at radius 2 is 2.25 bits per heavy atom. The molecule has 2 heterocycles. The Morgan fingerprint density at radius 3 is 3.00 bits per heavy atom. The maximum absolute atomic E-state index is 12.1. The number of fused-ring (bicyclic) bond motifs is 1. The first-order valence-corrected chi connectivity index (χ1v) is 6.16. The van der Waals surface area contributed by atoms with E-state index in [-0.39, 0.29) is 5.56 Å². The fourth-order valence-electron chi connectivity index (χ4n) is 1.69. The van der Waals surface area contributed by atoms with Crippen molar-refractivity contribution in [3.63, 3.8) is 0 Å². The molecule has 0 aliphatic carbocycles. The summed E-state index contributed by atoms with van der Waals surface area (Å²) in [5, 5.41) is 1.60. The lowest BCUT2D eigenvalue weighted by Crippen LogP contribution is -2.20. The van der Waals surface area contributed by atoms with Crippen molar-refractivity contribution >= 4 is 26.7 Å². The molecule has 0 atom stereocenters. The standard InChI is InChI=1S/C12H13BrN2O/c1-2-3-6-15-8-11(13)9-4-5-14-7-10(9)12(15)16/h4-5,7-8H,2-3,6H2,1H3. The van der Waals surface area contributed by atoms with E-state index in [9.17, 15) is 4.79 Å². The van der Waals surface area contributed by atoms with Gasteiger partial charge in [0.05, 0.1) is 5.39 Å². The highest BCUT2D eigenvalue weighted by Gasteiger charge is 2.06. The molecular formula is C12H13BrN2O. The highest BCUT2D eigenvalue weighted by Crippen LogP contribution is 2.19. The van der Waals surface area contributed by atoms with Gasteiger partial charge in [0, 0.05) is 35.0 Å². The number of halogens is 1. The number of hydrogen-bond acceptors (Lipinski definition) is 2. The van der Waals surface area contributed by atoms with Crippen LogP contribution < -0.4 is 5.56 Å². The van der Waals surface area contributed by atoms with Gasteiger partial charge in [0.2, 0.25) is 0 Å². The van der Waals surface area contributed by atoms with Crippen LogP contribution in [0.3, 0.4) is 0 Å². The Balaban J connectivity index is 2.61. The summed E-state index contributed by atoms with van der Waals surface area (Å²) in [5.41, 5.74) is 0.0414. The van der Waals surface area contributed by atoms with Crippen LogP contribution in [-0.2, 0) is 6.54 Å². The average molecular weight is 281 g/mol. The summed E-state index contributed by atoms with van der Waals surface area (Å²) in [6.45, 7) is 2.88. The van der Waals surface area contributed by atoms with Crippen molar-refractivity contribution < 1.29 is 0 Å². The smallest absolute Gasteiger partial charge is 0.260 e. The molecule has 0 aromatic carbocycles. The first-order valence-electron chi connectivity index (χ1n) is 5.36. The molecule has 0 unspecified atom stereocenters. The van der Waals surface area contributed by atoms with Crippen molar-refractivity contribution in [1.29, 1.82) is 0 Å². The van der Waals surface area contributed by atoms with E-state index in [1.165, 1.54) is 0 Å². The van der Waals surface area contributed by atoms with Crippen molar-refractivity contribution in [2.75, 3.05) is 0 Å². The molecule has 0 saturated carbocycles. The Bertz CT molecular complexity index is 562. The number of aryl methyl sites for hydroxylation is 1. The average Bonchev–Trinajstić information content (AvgIpc) is 2.32. The van der Waals surface area contributed by atoms with Crippen LogP contribution in [0.5, 0.6) is 0 Å². The molecule has 0 aliphatic heterocycles. The summed E-state index contributed by atoms with van der Waals surface area (Å²) in [4.78, 5) is 16.1. The van der Waals surface area contributed by atoms with Gasteiger partial charge in [-0.2, -0.15) is 0 Å². The summed E-state index contributed by atoms with van der Waals surface area (Å²) in [7, 11) is 0. The first-order chi connectivity index (χ1) is 7.74. The van der Waals surface area contributed by atoms with Gasteiger partial charge in [0.25, 0.3) is 5.56 Å². The molecule has 2 aromatic rings. The minimum Gasteiger partial charge on any atom is -0.314 e. The summed E-state index contributed by atoms with van der Waals surface area (Å²) in [6.07, 6.45) is 7.28. The molecule has 0 N–H and O–H groups in total. The topological polar surface area (TPSA) is 34.9 Å². The monoisotopic (exact) mass is 280 g/mol. The van der Waals surface area contributed by atoms with Crippen LogP contribution in [0.4, 0.5) is 0 Å². The second-order valence-corrected chi connectivity index (χ2v) is 4.60. The quantitative estimate of drug-likeness (QED) is 0.867. The predicted octanol–water partition coefficient (Wildman–Crippen LogP) is 2.96. The number of aromatic nitrogens is 2. The summed E-state index contributed by atoms with van der Waals surface area (Å²) in [6, 6.07) is 1.85. The molecule has 0 saturated heterocycles. The number of nitrogens with zero attached hydrogens (tertiary/aromatic N) is 2. The third-order valence-electron chi connectivity index (χ3n) is 2.59. The number of hydrogen-bond donors (Lipinski definition) is 0. The SMILES string of the molecule is CCCCn1cc(Br)c2ccncc2c1=O. The molecule has 3 nitrogen and oxygen atoms in total. The van der Waals surface area contributed by atoms with Crippen molar-refractivity contribution in [2.24, 2.45) is 0 Å². The van der Waals surface area contributed by atoms with E-state index in [1.807, 2.05) is 12.3 Å². The van der Waals surface area contributed by atoms with Gasteiger partial charge in [0.1, 0.15) is 0 Å². The molecule has 0 fully saturated rings. The second-order valence-electron chi connectivity index (χ2n) is 3.75. The summed E-state index contributed by atoms with van der Waals surface area (Å²) >= 11 is 3.49. The molecule has 2 aromatic heterocycles. The van der Waals surface area contributed by atoms with Gasteiger partial charge in [-0.05, 0) is 28.4 Å². The molecule has 16 heavy (non-hydrogen) atoms. The molecular weight excluding hydrogens is 268 g/mol. The van der Waals surface area contributed by atoms with Gasteiger partial charge < -0.3 is 4.57 Å². The molecule has 0 radical (unpaired) electrons. The van der Waals surface area contributed by atoms with Gasteiger partial charge >= 0.3 is 0 Å². The summed E-state index contributed by atoms with van der Waals surface area (Å²) < 4.78 is 2.69. The first kappa shape index (κ1) is 11.3. The van der Waals surface area contributed by atoms with Crippen LogP contribution in [0, 0.1) is 0 Å². The van der Waals surface area contributed by atoms with E-state index in [0.29, 0.717) is 5.39 Å². The molecule has 0 bridgehead atoms. The lowest BCUT2D eigenvalue weighted by molar-refractivity contribution is 0.615. The largest absolute Gasteiger partial charge is 0.314 e. The third kappa shape index (κ3) is 2.02. The minimum absolute atomic E-state index is 0.0414. The maximum atomic E-state index is 12.1. The van der Waals surface area contributed by atoms with E-state index in [2.05, 4.69) is 27.8 Å². The molecule has 4 heteroatoms. The highest BCUT2D eigenvalue weighted by atomic mass is 79.9. The van der Waals surface area contributed by atoms with Crippen molar-refractivity contribution in [2.45, 2.75) is 26.3 Å². The van der Waals surface area contributed by atoms with E-state index < -0.39 is 0 Å². The van der Waals surface area contributed by atoms with Crippen LogP contribution >= 0.6 is 15.9 Å². The lowest BCUT2D eigenvalue weighted by Gasteiger charge is -2.07. The third-order valence-corrected chi connectivity index (χ3v) is 3.22. The Hall–Kier alpha value is -1.16. The fraction of sp³-hybridized carbons (Fsp3) is 0.333. The van der Waals surface area contributed by atoms with E-state index in [1.54, 1.807) is 17.0 Å². The zero-order valence-electron chi connectivity index (χ0n) is 9.11. The minimum atomic E-state index is 0.0414. The molecule has 0 amide bonds. The summed E-state index contributed by atoms with van der Waals surface area (Å²) in [5.74, 6) is 0. The van der Waals surface area contributed by atoms with Gasteiger partial charge in [-0.15, -0.1) is 0 Å². The Morgan fingerprint density at radius 1 is 1.44 bits per heavy atom.